The molecule has 2 aliphatic rings. The summed E-state index contributed by atoms with van der Waals surface area (Å²) in [6, 6.07) is 12.8. The van der Waals surface area contributed by atoms with Crippen LogP contribution < -0.4 is 10.1 Å². The Bertz CT molecular complexity index is 1080. The van der Waals surface area contributed by atoms with Gasteiger partial charge in [-0.25, -0.2) is 4.98 Å². The average Bonchev–Trinajstić information content (AvgIpc) is 3.17. The molecular formula is C26H32ClN5O. The number of hydrogen-bond donors (Lipinski definition) is 1. The standard InChI is InChI=1S/C26H32ClN5O/c1-3-17(2)29-21-15-19-14-20(27)9-12-23(19)32-24(16-21)30-31-26(32)18-7-10-22(11-8-18)33-25-6-4-5-13-28-25/h4-6,9,12-14,17-18,21-22,29H,3,7-8,10-11,15-16H2,1-2H3/t17?,18?,21-,22?/m0/s1. The Morgan fingerprint density at radius 1 is 1.12 bits per heavy atom. The van der Waals surface area contributed by atoms with Crippen LogP contribution in [0.3, 0.4) is 0 Å². The van der Waals surface area contributed by atoms with E-state index in [2.05, 4.69) is 45.9 Å². The van der Waals surface area contributed by atoms with Crippen molar-refractivity contribution in [2.24, 2.45) is 0 Å². The van der Waals surface area contributed by atoms with Gasteiger partial charge in [-0.05, 0) is 75.3 Å². The molecule has 1 aromatic carbocycles. The molecule has 3 heterocycles. The van der Waals surface area contributed by atoms with Crippen LogP contribution in [0.2, 0.25) is 5.02 Å². The van der Waals surface area contributed by atoms with E-state index in [-0.39, 0.29) is 6.10 Å². The van der Waals surface area contributed by atoms with E-state index in [1.54, 1.807) is 6.20 Å². The molecule has 1 unspecified atom stereocenters. The van der Waals surface area contributed by atoms with Gasteiger partial charge in [0, 0.05) is 41.7 Å². The maximum absolute atomic E-state index is 6.40. The van der Waals surface area contributed by atoms with Crippen molar-refractivity contribution in [3.63, 3.8) is 0 Å². The largest absolute Gasteiger partial charge is 0.474 e. The number of pyridine rings is 1. The van der Waals surface area contributed by atoms with E-state index in [1.807, 2.05) is 24.3 Å². The molecule has 2 atom stereocenters. The van der Waals surface area contributed by atoms with Gasteiger partial charge in [-0.1, -0.05) is 24.6 Å². The van der Waals surface area contributed by atoms with Crippen LogP contribution >= 0.6 is 11.6 Å². The van der Waals surface area contributed by atoms with Gasteiger partial charge in [-0.15, -0.1) is 10.2 Å². The van der Waals surface area contributed by atoms with E-state index in [0.717, 1.165) is 61.6 Å². The minimum Gasteiger partial charge on any atom is -0.474 e. The summed E-state index contributed by atoms with van der Waals surface area (Å²) in [6.07, 6.45) is 8.94. The molecule has 1 N–H and O–H groups in total. The van der Waals surface area contributed by atoms with Crippen LogP contribution in [0.25, 0.3) is 5.69 Å². The number of halogens is 1. The lowest BCUT2D eigenvalue weighted by Crippen LogP contribution is -2.39. The predicted octanol–water partition coefficient (Wildman–Crippen LogP) is 5.28. The topological polar surface area (TPSA) is 64.9 Å². The van der Waals surface area contributed by atoms with Gasteiger partial charge in [-0.2, -0.15) is 0 Å². The smallest absolute Gasteiger partial charge is 0.213 e. The molecule has 0 saturated heterocycles. The van der Waals surface area contributed by atoms with Gasteiger partial charge in [0.1, 0.15) is 17.8 Å². The van der Waals surface area contributed by atoms with E-state index in [9.17, 15) is 0 Å². The molecule has 33 heavy (non-hydrogen) atoms. The number of benzene rings is 1. The molecule has 1 aliphatic heterocycles. The fraction of sp³-hybridized carbons (Fsp3) is 0.500. The summed E-state index contributed by atoms with van der Waals surface area (Å²) in [7, 11) is 0. The fourth-order valence-electron chi connectivity index (χ4n) is 5.15. The third-order valence-corrected chi connectivity index (χ3v) is 7.27. The first-order chi connectivity index (χ1) is 16.1. The highest BCUT2D eigenvalue weighted by Gasteiger charge is 2.32. The van der Waals surface area contributed by atoms with Crippen molar-refractivity contribution >= 4 is 11.6 Å². The Morgan fingerprint density at radius 3 is 2.73 bits per heavy atom. The van der Waals surface area contributed by atoms with Crippen molar-refractivity contribution in [2.75, 3.05) is 0 Å². The first-order valence-electron chi connectivity index (χ1n) is 12.2. The lowest BCUT2D eigenvalue weighted by molar-refractivity contribution is 0.139. The molecule has 0 bridgehead atoms. The molecule has 0 amide bonds. The first-order valence-corrected chi connectivity index (χ1v) is 12.5. The quantitative estimate of drug-likeness (QED) is 0.536. The third kappa shape index (κ3) is 4.92. The van der Waals surface area contributed by atoms with Crippen LogP contribution in [-0.2, 0) is 12.8 Å². The average molecular weight is 466 g/mol. The van der Waals surface area contributed by atoms with Crippen molar-refractivity contribution in [3.05, 3.63) is 64.8 Å². The van der Waals surface area contributed by atoms with Crippen LogP contribution in [0.15, 0.2) is 42.6 Å². The van der Waals surface area contributed by atoms with E-state index < -0.39 is 0 Å². The molecule has 6 nitrogen and oxygen atoms in total. The SMILES string of the molecule is CCC(C)N[C@H]1Cc2cc(Cl)ccc2-n2c(nnc2C2CCC(Oc3ccccn3)CC2)C1. The third-order valence-electron chi connectivity index (χ3n) is 7.03. The van der Waals surface area contributed by atoms with Gasteiger partial charge < -0.3 is 10.1 Å². The second kappa shape index (κ2) is 9.82. The zero-order chi connectivity index (χ0) is 22.8. The molecule has 174 valence electrons. The maximum Gasteiger partial charge on any atom is 0.213 e. The summed E-state index contributed by atoms with van der Waals surface area (Å²) < 4.78 is 8.42. The second-order valence-corrected chi connectivity index (χ2v) is 9.86. The van der Waals surface area contributed by atoms with E-state index >= 15 is 0 Å². The molecule has 1 fully saturated rings. The van der Waals surface area contributed by atoms with Crippen LogP contribution in [0.1, 0.15) is 69.1 Å². The zero-order valence-electron chi connectivity index (χ0n) is 19.4. The molecular weight excluding hydrogens is 434 g/mol. The zero-order valence-corrected chi connectivity index (χ0v) is 20.1. The number of aromatic nitrogens is 4. The number of fused-ring (bicyclic) bond motifs is 3. The van der Waals surface area contributed by atoms with Gasteiger partial charge in [0.05, 0.1) is 5.69 Å². The van der Waals surface area contributed by atoms with E-state index in [4.69, 9.17) is 21.4 Å². The van der Waals surface area contributed by atoms with Gasteiger partial charge in [0.15, 0.2) is 0 Å². The summed E-state index contributed by atoms with van der Waals surface area (Å²) in [5.41, 5.74) is 2.44. The van der Waals surface area contributed by atoms with Crippen LogP contribution in [0.4, 0.5) is 0 Å². The first kappa shape index (κ1) is 22.4. The molecule has 1 saturated carbocycles. The summed E-state index contributed by atoms with van der Waals surface area (Å²) in [6.45, 7) is 4.46. The Hall–Kier alpha value is -2.44. The van der Waals surface area contributed by atoms with Crippen molar-refractivity contribution in [2.45, 2.75) is 82.9 Å². The van der Waals surface area contributed by atoms with Gasteiger partial charge in [-0.3, -0.25) is 4.57 Å². The molecule has 0 radical (unpaired) electrons. The summed E-state index contributed by atoms with van der Waals surface area (Å²) in [5.74, 6) is 3.20. The highest BCUT2D eigenvalue weighted by Crippen LogP contribution is 2.37. The van der Waals surface area contributed by atoms with E-state index in [0.29, 0.717) is 23.9 Å². The Balaban J connectivity index is 1.38. The monoisotopic (exact) mass is 465 g/mol. The fourth-order valence-corrected chi connectivity index (χ4v) is 5.34. The summed E-state index contributed by atoms with van der Waals surface area (Å²) >= 11 is 6.40. The molecule has 5 rings (SSSR count). The molecule has 1 aliphatic carbocycles. The Morgan fingerprint density at radius 2 is 1.97 bits per heavy atom. The molecule has 3 aromatic rings. The van der Waals surface area contributed by atoms with Crippen LogP contribution in [0, 0.1) is 0 Å². The Kier molecular flexibility index (Phi) is 6.65. The lowest BCUT2D eigenvalue weighted by atomic mass is 9.86. The number of hydrogen-bond acceptors (Lipinski definition) is 5. The van der Waals surface area contributed by atoms with Crippen molar-refractivity contribution in [3.8, 4) is 11.6 Å². The van der Waals surface area contributed by atoms with Gasteiger partial charge in [0.2, 0.25) is 5.88 Å². The number of nitrogens with one attached hydrogen (secondary N) is 1. The highest BCUT2D eigenvalue weighted by atomic mass is 35.5. The van der Waals surface area contributed by atoms with E-state index in [1.165, 1.54) is 11.3 Å². The van der Waals surface area contributed by atoms with Gasteiger partial charge in [0.25, 0.3) is 0 Å². The number of rotatable bonds is 6. The minimum absolute atomic E-state index is 0.206. The van der Waals surface area contributed by atoms with Gasteiger partial charge >= 0.3 is 0 Å². The van der Waals surface area contributed by atoms with Crippen molar-refractivity contribution in [1.29, 1.82) is 0 Å². The molecule has 2 aromatic heterocycles. The van der Waals surface area contributed by atoms with Crippen molar-refractivity contribution < 1.29 is 4.74 Å². The highest BCUT2D eigenvalue weighted by molar-refractivity contribution is 6.30. The van der Waals surface area contributed by atoms with Crippen molar-refractivity contribution in [1.82, 2.24) is 25.1 Å². The van der Waals surface area contributed by atoms with Crippen LogP contribution in [-0.4, -0.2) is 37.9 Å². The second-order valence-electron chi connectivity index (χ2n) is 9.42. The number of nitrogens with zero attached hydrogens (tertiary/aromatic N) is 4. The Labute approximate surface area is 200 Å². The predicted molar refractivity (Wildman–Crippen MR) is 130 cm³/mol. The number of ether oxygens (including phenoxy) is 1. The minimum atomic E-state index is 0.206. The summed E-state index contributed by atoms with van der Waals surface area (Å²) in [5, 5.41) is 14.0. The molecule has 0 spiro atoms. The normalized spacial score (nSPS) is 23.3. The summed E-state index contributed by atoms with van der Waals surface area (Å²) in [4.78, 5) is 4.31. The lowest BCUT2D eigenvalue weighted by Gasteiger charge is -2.28. The maximum atomic E-state index is 6.40. The molecule has 7 heteroatoms. The van der Waals surface area contributed by atoms with Crippen LogP contribution in [0.5, 0.6) is 5.88 Å².